The van der Waals surface area contributed by atoms with Crippen LogP contribution in [0.15, 0.2) is 18.7 Å². The van der Waals surface area contributed by atoms with Gasteiger partial charge in [-0.05, 0) is 25.7 Å². The van der Waals surface area contributed by atoms with Crippen LogP contribution in [0.3, 0.4) is 0 Å². The van der Waals surface area contributed by atoms with Crippen molar-refractivity contribution in [2.75, 3.05) is 27.9 Å². The molecule has 0 saturated heterocycles. The number of aromatic nitrogens is 7. The van der Waals surface area contributed by atoms with Gasteiger partial charge in [0.25, 0.3) is 0 Å². The average Bonchev–Trinajstić information content (AvgIpc) is 3.35. The third-order valence-electron chi connectivity index (χ3n) is 7.07. The van der Waals surface area contributed by atoms with E-state index in [1.807, 2.05) is 0 Å². The second-order valence-electron chi connectivity index (χ2n) is 9.31. The molecule has 0 spiro atoms. The molecule has 1 aliphatic carbocycles. The molecule has 15 heteroatoms. The van der Waals surface area contributed by atoms with Gasteiger partial charge in [-0.2, -0.15) is 9.97 Å². The van der Waals surface area contributed by atoms with E-state index in [-0.39, 0.29) is 47.5 Å². The number of nitrogens with zero attached hydrogens (tertiary/aromatic N) is 7. The van der Waals surface area contributed by atoms with E-state index in [4.69, 9.17) is 25.8 Å². The predicted molar refractivity (Wildman–Crippen MR) is 141 cm³/mol. The highest BCUT2D eigenvalue weighted by atomic mass is 35.5. The van der Waals surface area contributed by atoms with Gasteiger partial charge in [0.15, 0.2) is 27.2 Å². The zero-order chi connectivity index (χ0) is 28.2. The van der Waals surface area contributed by atoms with E-state index < -0.39 is 26.9 Å². The van der Waals surface area contributed by atoms with E-state index in [1.54, 1.807) is 4.57 Å². The van der Waals surface area contributed by atoms with Crippen molar-refractivity contribution in [2.45, 2.75) is 55.6 Å². The minimum absolute atomic E-state index is 0.0294. The Hall–Kier alpha value is -2.94. The molecule has 1 saturated carbocycles. The van der Waals surface area contributed by atoms with Gasteiger partial charge < -0.3 is 19.3 Å². The first-order chi connectivity index (χ1) is 18.7. The molecule has 0 aromatic carbocycles. The van der Waals surface area contributed by atoms with E-state index in [0.29, 0.717) is 10.8 Å². The molecular weight excluding hydrogens is 550 g/mol. The van der Waals surface area contributed by atoms with Gasteiger partial charge in [-0.1, -0.05) is 24.4 Å². The fraction of sp³-hybridized carbons (Fsp3) is 0.583. The van der Waals surface area contributed by atoms with Crippen molar-refractivity contribution in [1.29, 1.82) is 0 Å². The summed E-state index contributed by atoms with van der Waals surface area (Å²) >= 11 is 5.90. The molecule has 0 bridgehead atoms. The summed E-state index contributed by atoms with van der Waals surface area (Å²) in [4.78, 5) is 16.7. The molecule has 0 aliphatic heterocycles. The lowest BCUT2D eigenvalue weighted by Gasteiger charge is -2.30. The Bertz CT molecular complexity index is 1350. The van der Waals surface area contributed by atoms with E-state index >= 15 is 0 Å². The second-order valence-corrected chi connectivity index (χ2v) is 12.1. The van der Waals surface area contributed by atoms with Crippen molar-refractivity contribution in [3.63, 3.8) is 0 Å². The maximum absolute atomic E-state index is 13.8. The highest BCUT2D eigenvalue weighted by Crippen LogP contribution is 2.40. The van der Waals surface area contributed by atoms with E-state index in [1.165, 1.54) is 47.0 Å². The van der Waals surface area contributed by atoms with E-state index in [9.17, 15) is 13.5 Å². The largest absolute Gasteiger partial charge is 0.479 e. The molecule has 1 aliphatic rings. The van der Waals surface area contributed by atoms with Gasteiger partial charge >= 0.3 is 0 Å². The van der Waals surface area contributed by atoms with Crippen LogP contribution in [0.2, 0.25) is 5.02 Å². The van der Waals surface area contributed by atoms with Gasteiger partial charge in [0.05, 0.1) is 24.5 Å². The predicted octanol–water partition coefficient (Wildman–Crippen LogP) is 2.48. The van der Waals surface area contributed by atoms with Crippen molar-refractivity contribution < 1.29 is 27.7 Å². The summed E-state index contributed by atoms with van der Waals surface area (Å²) in [6.07, 6.45) is 6.59. The van der Waals surface area contributed by atoms with Crippen molar-refractivity contribution in [3.05, 3.63) is 41.2 Å². The highest BCUT2D eigenvalue weighted by Gasteiger charge is 2.38. The Labute approximate surface area is 231 Å². The molecule has 0 unspecified atom stereocenters. The number of ether oxygens (including phenoxy) is 3. The van der Waals surface area contributed by atoms with E-state index in [2.05, 4.69) is 30.1 Å². The summed E-state index contributed by atoms with van der Waals surface area (Å²) in [6, 6.07) is 0. The minimum atomic E-state index is -3.92. The number of aliphatic hydroxyl groups excluding tert-OH is 1. The lowest BCUT2D eigenvalue weighted by atomic mass is 9.79. The van der Waals surface area contributed by atoms with Gasteiger partial charge in [0, 0.05) is 32.0 Å². The molecule has 3 aromatic rings. The summed E-state index contributed by atoms with van der Waals surface area (Å²) in [5, 5.41) is 18.1. The van der Waals surface area contributed by atoms with Crippen LogP contribution in [0.5, 0.6) is 11.8 Å². The number of halogens is 1. The minimum Gasteiger partial charge on any atom is -0.479 e. The maximum atomic E-state index is 13.8. The summed E-state index contributed by atoms with van der Waals surface area (Å²) in [5.41, 5.74) is 0.284. The number of hydrogen-bond donors (Lipinski definition) is 1. The molecule has 0 radical (unpaired) electrons. The molecule has 1 fully saturated rings. The third kappa shape index (κ3) is 5.98. The van der Waals surface area contributed by atoms with Gasteiger partial charge in [0.2, 0.25) is 11.8 Å². The van der Waals surface area contributed by atoms with Crippen molar-refractivity contribution >= 4 is 21.4 Å². The Morgan fingerprint density at radius 2 is 1.69 bits per heavy atom. The molecule has 13 nitrogen and oxygen atoms in total. The fourth-order valence-corrected chi connectivity index (χ4v) is 6.50. The first-order valence-corrected chi connectivity index (χ1v) is 14.5. The van der Waals surface area contributed by atoms with Crippen LogP contribution >= 0.6 is 11.6 Å². The van der Waals surface area contributed by atoms with Crippen LogP contribution < -0.4 is 9.47 Å². The summed E-state index contributed by atoms with van der Waals surface area (Å²) in [6.45, 7) is 1.50. The topological polar surface area (TPSA) is 164 Å². The lowest BCUT2D eigenvalue weighted by molar-refractivity contribution is 0.0948. The molecule has 3 aromatic heterocycles. The number of aliphatic hydroxyl groups is 1. The second kappa shape index (κ2) is 12.5. The van der Waals surface area contributed by atoms with Crippen LogP contribution in [0.25, 0.3) is 5.69 Å². The van der Waals surface area contributed by atoms with Crippen molar-refractivity contribution in [3.8, 4) is 17.4 Å². The molecule has 4 atom stereocenters. The van der Waals surface area contributed by atoms with E-state index in [0.717, 1.165) is 25.7 Å². The molecule has 3 heterocycles. The SMILES string of the molecule is COc1ncnc(OC)c1-n1c(CS(=O)(=O)[C@@H](C)[C@H](OC)c2ncc(Cl)cn2)nnc1[C@@H]1CCCC[C@@H]1CO. The van der Waals surface area contributed by atoms with Crippen LogP contribution in [0.1, 0.15) is 62.1 Å². The standard InChI is InChI=1S/C24H32ClN7O6S/c1-14(20(36-2)21-26-9-16(25)10-27-21)39(34,35)12-18-30-31-22(17-8-6-5-7-15(17)11-33)32(18)19-23(37-3)28-13-29-24(19)38-4/h9-10,13-15,17,20,33H,5-8,11-12H2,1-4H3/t14-,15+,17+,20-/m0/s1. The highest BCUT2D eigenvalue weighted by molar-refractivity contribution is 7.91. The van der Waals surface area contributed by atoms with Gasteiger partial charge in [-0.3, -0.25) is 4.57 Å². The maximum Gasteiger partial charge on any atom is 0.245 e. The number of rotatable bonds is 11. The van der Waals surface area contributed by atoms with Crippen molar-refractivity contribution in [2.24, 2.45) is 5.92 Å². The molecule has 212 valence electrons. The molecule has 0 amide bonds. The zero-order valence-electron chi connectivity index (χ0n) is 22.2. The Morgan fingerprint density at radius 1 is 1.05 bits per heavy atom. The van der Waals surface area contributed by atoms with Crippen LogP contribution in [-0.4, -0.2) is 81.4 Å². The Morgan fingerprint density at radius 3 is 2.28 bits per heavy atom. The fourth-order valence-electron chi connectivity index (χ4n) is 4.99. The monoisotopic (exact) mass is 581 g/mol. The van der Waals surface area contributed by atoms with Crippen molar-refractivity contribution in [1.82, 2.24) is 34.7 Å². The first-order valence-electron chi connectivity index (χ1n) is 12.5. The normalized spacial score (nSPS) is 19.4. The van der Waals surface area contributed by atoms with Gasteiger partial charge in [-0.15, -0.1) is 10.2 Å². The van der Waals surface area contributed by atoms with Crippen LogP contribution in [0.4, 0.5) is 0 Å². The smallest absolute Gasteiger partial charge is 0.245 e. The number of hydrogen-bond acceptors (Lipinski definition) is 12. The zero-order valence-corrected chi connectivity index (χ0v) is 23.8. The molecule has 1 N–H and O–H groups in total. The number of sulfone groups is 1. The summed E-state index contributed by atoms with van der Waals surface area (Å²) < 4.78 is 45.6. The molecule has 4 rings (SSSR count). The molecule has 39 heavy (non-hydrogen) atoms. The van der Waals surface area contributed by atoms with Crippen LogP contribution in [0, 0.1) is 5.92 Å². The van der Waals surface area contributed by atoms with Gasteiger partial charge in [-0.25, -0.2) is 18.4 Å². The van der Waals surface area contributed by atoms with Crippen LogP contribution in [-0.2, 0) is 20.3 Å². The Balaban J connectivity index is 1.81. The average molecular weight is 582 g/mol. The number of methoxy groups -OCH3 is 3. The Kier molecular flexibility index (Phi) is 9.31. The third-order valence-corrected chi connectivity index (χ3v) is 9.30. The van der Waals surface area contributed by atoms with Gasteiger partial charge in [0.1, 0.15) is 24.0 Å². The quantitative estimate of drug-likeness (QED) is 0.352. The lowest BCUT2D eigenvalue weighted by Crippen LogP contribution is -2.30. The first kappa shape index (κ1) is 29.1. The molecular formula is C24H32ClN7O6S. The summed E-state index contributed by atoms with van der Waals surface area (Å²) in [5.74, 6) is 0.394. The summed E-state index contributed by atoms with van der Waals surface area (Å²) in [7, 11) is 0.360.